The molecule has 0 heterocycles. The topological polar surface area (TPSA) is 61.9 Å². The van der Waals surface area contributed by atoms with Gasteiger partial charge in [0.2, 0.25) is 5.91 Å². The lowest BCUT2D eigenvalue weighted by atomic mass is 10.2. The monoisotopic (exact) mass is 259 g/mol. The van der Waals surface area contributed by atoms with Crippen LogP contribution < -0.4 is 5.32 Å². The van der Waals surface area contributed by atoms with Crippen molar-refractivity contribution in [3.63, 3.8) is 0 Å². The van der Waals surface area contributed by atoms with Crippen molar-refractivity contribution >= 4 is 12.0 Å². The number of carbonyl (C=O) groups is 2. The van der Waals surface area contributed by atoms with Crippen LogP contribution in [0.25, 0.3) is 0 Å². The standard InChI is InChI=1S/C12H25N3O3/c1-12(2,3)18-11(17)13-9(8-14(4)5)10(16)15(6)7/h9H,8H2,1-7H3,(H,13,17)/t9-/m0/s1. The van der Waals surface area contributed by atoms with Gasteiger partial charge >= 0.3 is 6.09 Å². The molecule has 6 nitrogen and oxygen atoms in total. The maximum Gasteiger partial charge on any atom is 0.408 e. The van der Waals surface area contributed by atoms with E-state index in [9.17, 15) is 9.59 Å². The Morgan fingerprint density at radius 3 is 2.00 bits per heavy atom. The number of nitrogens with zero attached hydrogens (tertiary/aromatic N) is 2. The van der Waals surface area contributed by atoms with E-state index in [1.807, 2.05) is 19.0 Å². The van der Waals surface area contributed by atoms with E-state index in [4.69, 9.17) is 4.74 Å². The highest BCUT2D eigenvalue weighted by Gasteiger charge is 2.25. The second-order valence-corrected chi connectivity index (χ2v) is 5.69. The molecule has 0 rings (SSSR count). The Morgan fingerprint density at radius 1 is 1.17 bits per heavy atom. The van der Waals surface area contributed by atoms with Gasteiger partial charge < -0.3 is 19.9 Å². The molecular weight excluding hydrogens is 234 g/mol. The molecule has 0 spiro atoms. The zero-order valence-corrected chi connectivity index (χ0v) is 12.4. The molecule has 0 aliphatic carbocycles. The van der Waals surface area contributed by atoms with Crippen LogP contribution in [0.1, 0.15) is 20.8 Å². The van der Waals surface area contributed by atoms with Crippen molar-refractivity contribution in [2.24, 2.45) is 0 Å². The lowest BCUT2D eigenvalue weighted by Crippen LogP contribution is -2.52. The van der Waals surface area contributed by atoms with Gasteiger partial charge in [-0.05, 0) is 34.9 Å². The summed E-state index contributed by atoms with van der Waals surface area (Å²) in [5, 5.41) is 2.59. The number of rotatable bonds is 4. The van der Waals surface area contributed by atoms with Gasteiger partial charge in [-0.2, -0.15) is 0 Å². The van der Waals surface area contributed by atoms with Gasteiger partial charge in [-0.1, -0.05) is 0 Å². The highest BCUT2D eigenvalue weighted by atomic mass is 16.6. The summed E-state index contributed by atoms with van der Waals surface area (Å²) in [6, 6.07) is -0.607. The van der Waals surface area contributed by atoms with Crippen LogP contribution in [0.3, 0.4) is 0 Å². The van der Waals surface area contributed by atoms with E-state index >= 15 is 0 Å². The summed E-state index contributed by atoms with van der Waals surface area (Å²) in [5.41, 5.74) is -0.575. The van der Waals surface area contributed by atoms with Crippen LogP contribution in [-0.2, 0) is 9.53 Å². The highest BCUT2D eigenvalue weighted by molar-refractivity contribution is 5.85. The van der Waals surface area contributed by atoms with Crippen LogP contribution in [0.4, 0.5) is 4.79 Å². The third-order valence-electron chi connectivity index (χ3n) is 1.98. The molecule has 0 aromatic rings. The summed E-state index contributed by atoms with van der Waals surface area (Å²) < 4.78 is 5.14. The summed E-state index contributed by atoms with van der Waals surface area (Å²) in [7, 11) is 6.99. The Kier molecular flexibility index (Phi) is 6.11. The Bertz CT molecular complexity index is 295. The van der Waals surface area contributed by atoms with E-state index in [1.54, 1.807) is 34.9 Å². The van der Waals surface area contributed by atoms with Crippen LogP contribution in [0, 0.1) is 0 Å². The second kappa shape index (κ2) is 6.58. The Labute approximate surface area is 109 Å². The predicted molar refractivity (Wildman–Crippen MR) is 70.4 cm³/mol. The van der Waals surface area contributed by atoms with Crippen molar-refractivity contribution in [3.05, 3.63) is 0 Å². The van der Waals surface area contributed by atoms with Gasteiger partial charge in [-0.25, -0.2) is 4.79 Å². The van der Waals surface area contributed by atoms with Gasteiger partial charge in [0, 0.05) is 20.6 Å². The highest BCUT2D eigenvalue weighted by Crippen LogP contribution is 2.07. The minimum atomic E-state index is -0.607. The first-order chi connectivity index (χ1) is 8.03. The van der Waals surface area contributed by atoms with Gasteiger partial charge in [-0.15, -0.1) is 0 Å². The number of likely N-dealkylation sites (N-methyl/N-ethyl adjacent to an activating group) is 2. The first-order valence-electron chi connectivity index (χ1n) is 5.88. The third kappa shape index (κ3) is 7.11. The number of nitrogens with one attached hydrogen (secondary N) is 1. The van der Waals surface area contributed by atoms with Gasteiger partial charge in [0.15, 0.2) is 0 Å². The molecule has 0 unspecified atom stereocenters. The molecule has 1 atom stereocenters. The van der Waals surface area contributed by atoms with Crippen molar-refractivity contribution in [2.45, 2.75) is 32.4 Å². The largest absolute Gasteiger partial charge is 0.444 e. The smallest absolute Gasteiger partial charge is 0.408 e. The molecule has 0 aromatic carbocycles. The minimum Gasteiger partial charge on any atom is -0.444 e. The fourth-order valence-corrected chi connectivity index (χ4v) is 1.31. The molecule has 0 saturated heterocycles. The molecule has 0 fully saturated rings. The Balaban J connectivity index is 4.60. The number of ether oxygens (including phenoxy) is 1. The maximum absolute atomic E-state index is 11.9. The van der Waals surface area contributed by atoms with Crippen LogP contribution >= 0.6 is 0 Å². The lowest BCUT2D eigenvalue weighted by Gasteiger charge is -2.26. The van der Waals surface area contributed by atoms with Crippen molar-refractivity contribution in [1.29, 1.82) is 0 Å². The number of alkyl carbamates (subject to hydrolysis) is 1. The molecule has 18 heavy (non-hydrogen) atoms. The average Bonchev–Trinajstić information content (AvgIpc) is 2.11. The normalized spacial score (nSPS) is 13.1. The van der Waals surface area contributed by atoms with E-state index in [1.165, 1.54) is 4.90 Å². The average molecular weight is 259 g/mol. The maximum atomic E-state index is 11.9. The van der Waals surface area contributed by atoms with Gasteiger partial charge in [0.1, 0.15) is 11.6 Å². The first kappa shape index (κ1) is 16.7. The van der Waals surface area contributed by atoms with Crippen molar-refractivity contribution < 1.29 is 14.3 Å². The van der Waals surface area contributed by atoms with E-state index < -0.39 is 17.7 Å². The van der Waals surface area contributed by atoms with Crippen molar-refractivity contribution in [1.82, 2.24) is 15.1 Å². The molecular formula is C12H25N3O3. The zero-order chi connectivity index (χ0) is 14.5. The third-order valence-corrected chi connectivity index (χ3v) is 1.98. The van der Waals surface area contributed by atoms with E-state index in [-0.39, 0.29) is 5.91 Å². The lowest BCUT2D eigenvalue weighted by molar-refractivity contribution is -0.131. The van der Waals surface area contributed by atoms with Crippen molar-refractivity contribution in [2.75, 3.05) is 34.7 Å². The summed E-state index contributed by atoms with van der Waals surface area (Å²) in [5.74, 6) is -0.158. The molecule has 1 N–H and O–H groups in total. The van der Waals surface area contributed by atoms with Gasteiger partial charge in [0.25, 0.3) is 0 Å². The van der Waals surface area contributed by atoms with E-state index in [0.29, 0.717) is 6.54 Å². The second-order valence-electron chi connectivity index (χ2n) is 5.69. The number of hydrogen-bond donors (Lipinski definition) is 1. The molecule has 2 amide bonds. The fraction of sp³-hybridized carbons (Fsp3) is 0.833. The SMILES string of the molecule is CN(C)C[C@H](NC(=O)OC(C)(C)C)C(=O)N(C)C. The zero-order valence-electron chi connectivity index (χ0n) is 12.4. The molecule has 0 aliphatic rings. The van der Waals surface area contributed by atoms with Crippen molar-refractivity contribution in [3.8, 4) is 0 Å². The summed E-state index contributed by atoms with van der Waals surface area (Å²) in [4.78, 5) is 26.9. The predicted octanol–water partition coefficient (Wildman–Crippen LogP) is 0.529. The van der Waals surface area contributed by atoms with Crippen LogP contribution in [0.2, 0.25) is 0 Å². The van der Waals surface area contributed by atoms with E-state index in [0.717, 1.165) is 0 Å². The Morgan fingerprint density at radius 2 is 1.67 bits per heavy atom. The quantitative estimate of drug-likeness (QED) is 0.800. The Hall–Kier alpha value is -1.30. The molecule has 0 aliphatic heterocycles. The van der Waals surface area contributed by atoms with Crippen LogP contribution in [0.5, 0.6) is 0 Å². The summed E-state index contributed by atoms with van der Waals surface area (Å²) >= 11 is 0. The molecule has 0 bridgehead atoms. The molecule has 0 radical (unpaired) electrons. The molecule has 0 saturated carbocycles. The first-order valence-corrected chi connectivity index (χ1v) is 5.88. The molecule has 6 heteroatoms. The van der Waals surface area contributed by atoms with E-state index in [2.05, 4.69) is 5.32 Å². The number of amides is 2. The summed E-state index contributed by atoms with van der Waals surface area (Å²) in [6.45, 7) is 5.76. The number of carbonyl (C=O) groups excluding carboxylic acids is 2. The van der Waals surface area contributed by atoms with Crippen LogP contribution in [0.15, 0.2) is 0 Å². The molecule has 0 aromatic heterocycles. The summed E-state index contributed by atoms with van der Waals surface area (Å²) in [6.07, 6.45) is -0.579. The van der Waals surface area contributed by atoms with Gasteiger partial charge in [-0.3, -0.25) is 4.79 Å². The number of hydrogen-bond acceptors (Lipinski definition) is 4. The van der Waals surface area contributed by atoms with Crippen LogP contribution in [-0.4, -0.2) is 68.2 Å². The van der Waals surface area contributed by atoms with Gasteiger partial charge in [0.05, 0.1) is 0 Å². The molecule has 106 valence electrons. The minimum absolute atomic E-state index is 0.158. The fourth-order valence-electron chi connectivity index (χ4n) is 1.31.